The molecule has 5 rings (SSSR count). The second-order valence-corrected chi connectivity index (χ2v) is 7.33. The summed E-state index contributed by atoms with van der Waals surface area (Å²) in [4.78, 5) is 21.5. The van der Waals surface area contributed by atoms with Crippen LogP contribution < -0.4 is 9.80 Å². The van der Waals surface area contributed by atoms with E-state index in [0.29, 0.717) is 25.5 Å². The highest BCUT2D eigenvalue weighted by Crippen LogP contribution is 2.34. The van der Waals surface area contributed by atoms with Gasteiger partial charge in [0.25, 0.3) is 5.91 Å². The quantitative estimate of drug-likeness (QED) is 0.819. The summed E-state index contributed by atoms with van der Waals surface area (Å²) in [5, 5.41) is 0. The Labute approximate surface area is 158 Å². The minimum absolute atomic E-state index is 0.0299. The Hall–Kier alpha value is -2.44. The normalized spacial score (nSPS) is 20.9. The highest BCUT2D eigenvalue weighted by molar-refractivity contribution is 6.06. The van der Waals surface area contributed by atoms with E-state index in [1.165, 1.54) is 5.56 Å². The molecule has 0 unspecified atom stereocenters. The van der Waals surface area contributed by atoms with Crippen molar-refractivity contribution in [3.8, 4) is 0 Å². The topological polar surface area (TPSA) is 54.9 Å². The maximum Gasteiger partial charge on any atom is 0.276 e. The Morgan fingerprint density at radius 1 is 1.04 bits per heavy atom. The number of anilines is 2. The van der Waals surface area contributed by atoms with Crippen LogP contribution in [0.5, 0.6) is 0 Å². The van der Waals surface area contributed by atoms with Gasteiger partial charge in [-0.2, -0.15) is 0 Å². The van der Waals surface area contributed by atoms with Gasteiger partial charge in [0, 0.05) is 50.0 Å². The minimum Gasteiger partial charge on any atom is -0.371 e. The van der Waals surface area contributed by atoms with Crippen LogP contribution in [0.15, 0.2) is 42.6 Å². The summed E-state index contributed by atoms with van der Waals surface area (Å²) < 4.78 is 11.6. The van der Waals surface area contributed by atoms with Gasteiger partial charge in [0.1, 0.15) is 5.69 Å². The average Bonchev–Trinajstić information content (AvgIpc) is 3.35. The van der Waals surface area contributed by atoms with E-state index < -0.39 is 0 Å². The zero-order chi connectivity index (χ0) is 18.3. The molecule has 0 bridgehead atoms. The molecule has 140 valence electrons. The monoisotopic (exact) mass is 365 g/mol. The number of carbonyl (C=O) groups excluding carboxylic acids is 1. The first-order chi connectivity index (χ1) is 13.2. The molecule has 0 atom stereocenters. The number of nitrogens with zero attached hydrogens (tertiary/aromatic N) is 3. The van der Waals surface area contributed by atoms with Gasteiger partial charge in [-0.1, -0.05) is 18.2 Å². The van der Waals surface area contributed by atoms with Gasteiger partial charge in [-0.05, 0) is 30.2 Å². The molecule has 27 heavy (non-hydrogen) atoms. The summed E-state index contributed by atoms with van der Waals surface area (Å²) in [6, 6.07) is 12.0. The van der Waals surface area contributed by atoms with Crippen molar-refractivity contribution in [2.45, 2.75) is 25.0 Å². The molecule has 0 aliphatic carbocycles. The Morgan fingerprint density at radius 2 is 1.81 bits per heavy atom. The fraction of sp³-hybridized carbons (Fsp3) is 0.429. The smallest absolute Gasteiger partial charge is 0.276 e. The summed E-state index contributed by atoms with van der Waals surface area (Å²) in [7, 11) is 0. The number of benzene rings is 1. The standard InChI is InChI=1S/C21H23N3O3/c25-20(24-10-6-16-3-1-2-4-19(16)24)18-15-17(5-9-22-18)23-11-7-21(8-12-23)26-13-14-27-21/h1-5,9,15H,6-8,10-14H2. The summed E-state index contributed by atoms with van der Waals surface area (Å²) in [5.41, 5.74) is 3.76. The summed E-state index contributed by atoms with van der Waals surface area (Å²) in [5.74, 6) is -0.417. The molecule has 1 aromatic carbocycles. The van der Waals surface area contributed by atoms with E-state index >= 15 is 0 Å². The van der Waals surface area contributed by atoms with Crippen LogP contribution in [-0.4, -0.2) is 49.5 Å². The zero-order valence-corrected chi connectivity index (χ0v) is 15.3. The van der Waals surface area contributed by atoms with Crippen molar-refractivity contribution in [1.82, 2.24) is 4.98 Å². The molecule has 2 aromatic rings. The van der Waals surface area contributed by atoms with E-state index in [9.17, 15) is 4.79 Å². The number of piperidine rings is 1. The van der Waals surface area contributed by atoms with E-state index in [2.05, 4.69) is 16.0 Å². The molecule has 4 heterocycles. The number of hydrogen-bond donors (Lipinski definition) is 0. The van der Waals surface area contributed by atoms with Crippen LogP contribution in [0.25, 0.3) is 0 Å². The zero-order valence-electron chi connectivity index (χ0n) is 15.3. The molecule has 1 amide bonds. The van der Waals surface area contributed by atoms with Crippen LogP contribution in [0.2, 0.25) is 0 Å². The molecule has 2 fully saturated rings. The average molecular weight is 365 g/mol. The number of para-hydroxylation sites is 1. The van der Waals surface area contributed by atoms with E-state index in [-0.39, 0.29) is 11.7 Å². The van der Waals surface area contributed by atoms with Crippen LogP contribution in [0.1, 0.15) is 28.9 Å². The molecule has 3 aliphatic heterocycles. The Kier molecular flexibility index (Phi) is 4.10. The lowest BCUT2D eigenvalue weighted by molar-refractivity contribution is -0.169. The highest BCUT2D eigenvalue weighted by atomic mass is 16.7. The van der Waals surface area contributed by atoms with Crippen LogP contribution >= 0.6 is 0 Å². The maximum absolute atomic E-state index is 13.1. The predicted octanol–water partition coefficient (Wildman–Crippen LogP) is 2.63. The van der Waals surface area contributed by atoms with E-state index in [0.717, 1.165) is 43.7 Å². The SMILES string of the molecule is O=C(c1cc(N2CCC3(CC2)OCCO3)ccn1)N1CCc2ccccc21. The van der Waals surface area contributed by atoms with Gasteiger partial charge in [-0.25, -0.2) is 0 Å². The van der Waals surface area contributed by atoms with E-state index in [1.807, 2.05) is 35.2 Å². The number of ether oxygens (including phenoxy) is 2. The fourth-order valence-corrected chi connectivity index (χ4v) is 4.31. The Balaban J connectivity index is 1.33. The second kappa shape index (κ2) is 6.62. The lowest BCUT2D eigenvalue weighted by atomic mass is 10.0. The van der Waals surface area contributed by atoms with Gasteiger partial charge in [0.05, 0.1) is 13.2 Å². The van der Waals surface area contributed by atoms with Crippen molar-refractivity contribution >= 4 is 17.3 Å². The van der Waals surface area contributed by atoms with Crippen molar-refractivity contribution in [1.29, 1.82) is 0 Å². The predicted molar refractivity (Wildman–Crippen MR) is 102 cm³/mol. The maximum atomic E-state index is 13.1. The van der Waals surface area contributed by atoms with Gasteiger partial charge in [0.15, 0.2) is 5.79 Å². The first kappa shape index (κ1) is 16.7. The second-order valence-electron chi connectivity index (χ2n) is 7.33. The Bertz CT molecular complexity index is 853. The lowest BCUT2D eigenvalue weighted by Gasteiger charge is -2.38. The summed E-state index contributed by atoms with van der Waals surface area (Å²) >= 11 is 0. The number of aromatic nitrogens is 1. The van der Waals surface area contributed by atoms with Crippen LogP contribution in [0, 0.1) is 0 Å². The molecule has 0 saturated carbocycles. The van der Waals surface area contributed by atoms with Crippen molar-refractivity contribution < 1.29 is 14.3 Å². The third kappa shape index (κ3) is 2.99. The molecule has 6 heteroatoms. The van der Waals surface area contributed by atoms with Crippen LogP contribution in [0.4, 0.5) is 11.4 Å². The summed E-state index contributed by atoms with van der Waals surface area (Å²) in [6.45, 7) is 3.79. The van der Waals surface area contributed by atoms with E-state index in [4.69, 9.17) is 9.47 Å². The van der Waals surface area contributed by atoms with Crippen molar-refractivity contribution in [2.75, 3.05) is 42.6 Å². The molecule has 1 aromatic heterocycles. The fourth-order valence-electron chi connectivity index (χ4n) is 4.31. The van der Waals surface area contributed by atoms with Crippen molar-refractivity contribution in [3.63, 3.8) is 0 Å². The molecular formula is C21H23N3O3. The lowest BCUT2D eigenvalue weighted by Crippen LogP contribution is -2.45. The van der Waals surface area contributed by atoms with Crippen LogP contribution in [0.3, 0.4) is 0 Å². The van der Waals surface area contributed by atoms with Gasteiger partial charge >= 0.3 is 0 Å². The number of fused-ring (bicyclic) bond motifs is 1. The van der Waals surface area contributed by atoms with Gasteiger partial charge in [-0.15, -0.1) is 0 Å². The third-order valence-electron chi connectivity index (χ3n) is 5.80. The number of rotatable bonds is 2. The first-order valence-electron chi connectivity index (χ1n) is 9.63. The number of pyridine rings is 1. The van der Waals surface area contributed by atoms with Gasteiger partial charge < -0.3 is 19.3 Å². The summed E-state index contributed by atoms with van der Waals surface area (Å²) in [6.07, 6.45) is 4.32. The molecule has 1 spiro atoms. The number of hydrogen-bond acceptors (Lipinski definition) is 5. The molecule has 0 N–H and O–H groups in total. The molecular weight excluding hydrogens is 342 g/mol. The third-order valence-corrected chi connectivity index (χ3v) is 5.80. The van der Waals surface area contributed by atoms with Gasteiger partial charge in [-0.3, -0.25) is 9.78 Å². The van der Waals surface area contributed by atoms with Crippen molar-refractivity contribution in [3.05, 3.63) is 53.9 Å². The first-order valence-corrected chi connectivity index (χ1v) is 9.63. The molecule has 0 radical (unpaired) electrons. The Morgan fingerprint density at radius 3 is 2.63 bits per heavy atom. The van der Waals surface area contributed by atoms with E-state index in [1.54, 1.807) is 6.20 Å². The number of carbonyl (C=O) groups is 1. The highest BCUT2D eigenvalue weighted by Gasteiger charge is 2.40. The molecule has 3 aliphatic rings. The largest absolute Gasteiger partial charge is 0.371 e. The van der Waals surface area contributed by atoms with Gasteiger partial charge in [0.2, 0.25) is 0 Å². The van der Waals surface area contributed by atoms with Crippen LogP contribution in [-0.2, 0) is 15.9 Å². The number of amides is 1. The molecule has 6 nitrogen and oxygen atoms in total. The molecule has 2 saturated heterocycles. The minimum atomic E-state index is -0.387. The van der Waals surface area contributed by atoms with Crippen molar-refractivity contribution in [2.24, 2.45) is 0 Å².